The summed E-state index contributed by atoms with van der Waals surface area (Å²) in [5, 5.41) is 0. The van der Waals surface area contributed by atoms with Crippen LogP contribution in [0.15, 0.2) is 42.5 Å². The van der Waals surface area contributed by atoms with Gasteiger partial charge in [0.25, 0.3) is 5.91 Å². The zero-order chi connectivity index (χ0) is 13.9. The Labute approximate surface area is 118 Å². The van der Waals surface area contributed by atoms with E-state index in [9.17, 15) is 4.79 Å². The third-order valence-corrected chi connectivity index (χ3v) is 3.63. The Morgan fingerprint density at radius 1 is 1.10 bits per heavy atom. The van der Waals surface area contributed by atoms with Crippen molar-refractivity contribution in [2.24, 2.45) is 0 Å². The van der Waals surface area contributed by atoms with E-state index in [0.717, 1.165) is 19.4 Å². The normalized spacial score (nSPS) is 14.5. The molecule has 0 radical (unpaired) electrons. The first-order valence-corrected chi connectivity index (χ1v) is 6.82. The third-order valence-electron chi connectivity index (χ3n) is 3.63. The summed E-state index contributed by atoms with van der Waals surface area (Å²) in [5.41, 5.74) is 8.63. The molecule has 20 heavy (non-hydrogen) atoms. The lowest BCUT2D eigenvalue weighted by Gasteiger charge is -2.20. The highest BCUT2D eigenvalue weighted by molar-refractivity contribution is 5.92. The van der Waals surface area contributed by atoms with Crippen molar-refractivity contribution in [3.05, 3.63) is 59.3 Å². The first-order valence-electron chi connectivity index (χ1n) is 6.82. The number of rotatable bonds is 1. The number of benzene rings is 1. The average Bonchev–Trinajstić information content (AvgIpc) is 2.68. The van der Waals surface area contributed by atoms with Gasteiger partial charge in [-0.3, -0.25) is 4.79 Å². The van der Waals surface area contributed by atoms with Crippen molar-refractivity contribution in [3.63, 3.8) is 0 Å². The average molecular weight is 267 g/mol. The van der Waals surface area contributed by atoms with E-state index >= 15 is 0 Å². The van der Waals surface area contributed by atoms with E-state index in [-0.39, 0.29) is 5.91 Å². The monoisotopic (exact) mass is 267 g/mol. The Balaban J connectivity index is 1.86. The quantitative estimate of drug-likeness (QED) is 0.862. The molecule has 4 heteroatoms. The predicted octanol–water partition coefficient (Wildman–Crippen LogP) is 2.25. The molecule has 3 rings (SSSR count). The molecule has 1 aliphatic heterocycles. The number of nitrogens with zero attached hydrogens (tertiary/aromatic N) is 2. The summed E-state index contributed by atoms with van der Waals surface area (Å²) in [5.74, 6) is 0.333. The van der Waals surface area contributed by atoms with Crippen LogP contribution in [0.25, 0.3) is 0 Å². The van der Waals surface area contributed by atoms with Gasteiger partial charge in [-0.15, -0.1) is 0 Å². The van der Waals surface area contributed by atoms with Crippen LogP contribution in [0.3, 0.4) is 0 Å². The van der Waals surface area contributed by atoms with Crippen molar-refractivity contribution in [1.82, 2.24) is 9.88 Å². The zero-order valence-electron chi connectivity index (χ0n) is 11.2. The number of nitrogen functional groups attached to an aromatic ring is 1. The van der Waals surface area contributed by atoms with Gasteiger partial charge in [0.15, 0.2) is 0 Å². The zero-order valence-corrected chi connectivity index (χ0v) is 11.2. The highest BCUT2D eigenvalue weighted by Gasteiger charge is 2.20. The fourth-order valence-electron chi connectivity index (χ4n) is 2.61. The number of carbonyl (C=O) groups excluding carboxylic acids is 1. The summed E-state index contributed by atoms with van der Waals surface area (Å²) in [4.78, 5) is 18.5. The molecule has 0 saturated carbocycles. The molecule has 0 unspecified atom stereocenters. The molecule has 0 atom stereocenters. The predicted molar refractivity (Wildman–Crippen MR) is 78.2 cm³/mol. The van der Waals surface area contributed by atoms with Gasteiger partial charge >= 0.3 is 0 Å². The van der Waals surface area contributed by atoms with Gasteiger partial charge in [-0.1, -0.05) is 30.3 Å². The second kappa shape index (κ2) is 5.33. The molecule has 0 bridgehead atoms. The molecule has 2 N–H and O–H groups in total. The number of nitrogens with two attached hydrogens (primary N) is 1. The summed E-state index contributed by atoms with van der Waals surface area (Å²) in [6.07, 6.45) is 2.00. The lowest BCUT2D eigenvalue weighted by molar-refractivity contribution is 0.0740. The molecular formula is C16H17N3O. The van der Waals surface area contributed by atoms with Gasteiger partial charge in [0.2, 0.25) is 0 Å². The van der Waals surface area contributed by atoms with E-state index in [1.54, 1.807) is 18.2 Å². The highest BCUT2D eigenvalue weighted by atomic mass is 16.2. The van der Waals surface area contributed by atoms with Gasteiger partial charge in [0.05, 0.1) is 0 Å². The summed E-state index contributed by atoms with van der Waals surface area (Å²) in [6, 6.07) is 13.5. The molecule has 0 aliphatic carbocycles. The van der Waals surface area contributed by atoms with Crippen LogP contribution in [0.5, 0.6) is 0 Å². The van der Waals surface area contributed by atoms with Gasteiger partial charge in [0, 0.05) is 13.1 Å². The lowest BCUT2D eigenvalue weighted by Crippen LogP contribution is -2.31. The number of hydrogen-bond acceptors (Lipinski definition) is 3. The van der Waals surface area contributed by atoms with E-state index in [4.69, 9.17) is 5.73 Å². The van der Waals surface area contributed by atoms with Crippen molar-refractivity contribution in [3.8, 4) is 0 Å². The Morgan fingerprint density at radius 2 is 1.90 bits per heavy atom. The number of aryl methyl sites for hydroxylation is 1. The van der Waals surface area contributed by atoms with E-state index in [1.165, 1.54) is 11.1 Å². The Bertz CT molecular complexity index is 639. The fraction of sp³-hybridized carbons (Fsp3) is 0.250. The molecule has 1 amide bonds. The number of pyridine rings is 1. The smallest absolute Gasteiger partial charge is 0.272 e. The van der Waals surface area contributed by atoms with E-state index < -0.39 is 0 Å². The van der Waals surface area contributed by atoms with Crippen molar-refractivity contribution in [1.29, 1.82) is 0 Å². The Morgan fingerprint density at radius 3 is 2.70 bits per heavy atom. The summed E-state index contributed by atoms with van der Waals surface area (Å²) < 4.78 is 0. The van der Waals surface area contributed by atoms with Crippen molar-refractivity contribution in [2.45, 2.75) is 19.4 Å². The van der Waals surface area contributed by atoms with Gasteiger partial charge in [-0.05, 0) is 36.1 Å². The maximum Gasteiger partial charge on any atom is 0.272 e. The Kier molecular flexibility index (Phi) is 3.37. The molecule has 1 aromatic heterocycles. The van der Waals surface area contributed by atoms with Crippen molar-refractivity contribution in [2.75, 3.05) is 12.3 Å². The largest absolute Gasteiger partial charge is 0.384 e. The van der Waals surface area contributed by atoms with Crippen LogP contribution in [-0.4, -0.2) is 22.3 Å². The minimum atomic E-state index is -0.0472. The lowest BCUT2D eigenvalue weighted by atomic mass is 10.0. The van der Waals surface area contributed by atoms with E-state index in [1.807, 2.05) is 11.0 Å². The van der Waals surface area contributed by atoms with E-state index in [2.05, 4.69) is 23.2 Å². The maximum atomic E-state index is 12.5. The molecule has 0 fully saturated rings. The first kappa shape index (κ1) is 12.7. The summed E-state index contributed by atoms with van der Waals surface area (Å²) in [6.45, 7) is 1.40. The first-order chi connectivity index (χ1) is 9.74. The number of hydrogen-bond donors (Lipinski definition) is 1. The summed E-state index contributed by atoms with van der Waals surface area (Å²) in [7, 11) is 0. The van der Waals surface area contributed by atoms with Gasteiger partial charge in [-0.25, -0.2) is 4.98 Å². The topological polar surface area (TPSA) is 59.2 Å². The van der Waals surface area contributed by atoms with Crippen LogP contribution in [-0.2, 0) is 13.0 Å². The maximum absolute atomic E-state index is 12.5. The van der Waals surface area contributed by atoms with Gasteiger partial charge in [-0.2, -0.15) is 0 Å². The molecule has 0 spiro atoms. The van der Waals surface area contributed by atoms with Gasteiger partial charge in [0.1, 0.15) is 11.5 Å². The number of carbonyl (C=O) groups is 1. The van der Waals surface area contributed by atoms with Crippen LogP contribution in [0.2, 0.25) is 0 Å². The van der Waals surface area contributed by atoms with Crippen LogP contribution in [0.1, 0.15) is 28.0 Å². The third kappa shape index (κ3) is 2.50. The second-order valence-corrected chi connectivity index (χ2v) is 5.05. The standard InChI is InChI=1S/C16H17N3O/c17-15-9-3-8-14(18-15)16(20)19-10-4-7-12-5-1-2-6-13(12)11-19/h1-3,5-6,8-9H,4,7,10-11H2,(H2,17,18). The second-order valence-electron chi connectivity index (χ2n) is 5.05. The number of aromatic nitrogens is 1. The van der Waals surface area contributed by atoms with Crippen molar-refractivity contribution >= 4 is 11.7 Å². The minimum Gasteiger partial charge on any atom is -0.384 e. The van der Waals surface area contributed by atoms with Crippen LogP contribution in [0.4, 0.5) is 5.82 Å². The molecule has 1 aliphatic rings. The SMILES string of the molecule is Nc1cccc(C(=O)N2CCCc3ccccc3C2)n1. The fourth-order valence-corrected chi connectivity index (χ4v) is 2.61. The molecule has 0 saturated heterocycles. The van der Waals surface area contributed by atoms with E-state index in [0.29, 0.717) is 18.1 Å². The van der Waals surface area contributed by atoms with Crippen LogP contribution >= 0.6 is 0 Å². The highest BCUT2D eigenvalue weighted by Crippen LogP contribution is 2.19. The molecule has 1 aromatic carbocycles. The Hall–Kier alpha value is -2.36. The molecular weight excluding hydrogens is 250 g/mol. The summed E-state index contributed by atoms with van der Waals surface area (Å²) >= 11 is 0. The van der Waals surface area contributed by atoms with Crippen LogP contribution in [0, 0.1) is 0 Å². The van der Waals surface area contributed by atoms with Crippen molar-refractivity contribution < 1.29 is 4.79 Å². The van der Waals surface area contributed by atoms with Gasteiger partial charge < -0.3 is 10.6 Å². The number of anilines is 1. The minimum absolute atomic E-state index is 0.0472. The molecule has 2 aromatic rings. The molecule has 4 nitrogen and oxygen atoms in total. The molecule has 102 valence electrons. The van der Waals surface area contributed by atoms with Crippen LogP contribution < -0.4 is 5.73 Å². The number of amides is 1. The number of fused-ring (bicyclic) bond motifs is 1. The molecule has 2 heterocycles.